The molecule has 3 aromatic heterocycles. The number of aromatic nitrogens is 5. The van der Waals surface area contributed by atoms with Crippen molar-refractivity contribution in [3.8, 4) is 11.3 Å². The van der Waals surface area contributed by atoms with Crippen molar-refractivity contribution in [3.63, 3.8) is 0 Å². The van der Waals surface area contributed by atoms with Crippen LogP contribution in [0.25, 0.3) is 27.8 Å². The van der Waals surface area contributed by atoms with Gasteiger partial charge in [-0.2, -0.15) is 10.2 Å². The number of carbonyl (C=O) groups is 1. The van der Waals surface area contributed by atoms with Gasteiger partial charge in [0.2, 0.25) is 0 Å². The van der Waals surface area contributed by atoms with E-state index in [2.05, 4.69) is 10.1 Å². The van der Waals surface area contributed by atoms with Gasteiger partial charge in [-0.25, -0.2) is 18.7 Å². The lowest BCUT2D eigenvalue weighted by atomic mass is 10.1. The second-order valence-electron chi connectivity index (χ2n) is 10.1. The lowest BCUT2D eigenvalue weighted by Gasteiger charge is -2.33. The first-order chi connectivity index (χ1) is 16.1. The maximum Gasteiger partial charge on any atom is 0.410 e. The molecule has 5 rings (SSSR count). The summed E-state index contributed by atoms with van der Waals surface area (Å²) in [6.07, 6.45) is 4.81. The van der Waals surface area contributed by atoms with Crippen LogP contribution in [-0.2, 0) is 4.74 Å². The van der Waals surface area contributed by atoms with E-state index in [1.165, 1.54) is 6.07 Å². The van der Waals surface area contributed by atoms with Gasteiger partial charge in [-0.05, 0) is 71.2 Å². The molecule has 0 aliphatic carbocycles. The summed E-state index contributed by atoms with van der Waals surface area (Å²) in [7, 11) is 0. The van der Waals surface area contributed by atoms with E-state index in [0.717, 1.165) is 29.7 Å². The molecular formula is C25H29FN6O2. The van der Waals surface area contributed by atoms with E-state index in [1.807, 2.05) is 57.6 Å². The summed E-state index contributed by atoms with van der Waals surface area (Å²) < 4.78 is 24.1. The highest BCUT2D eigenvalue weighted by Gasteiger charge is 2.28. The predicted octanol–water partition coefficient (Wildman–Crippen LogP) is 5.07. The standard InChI is InChI=1S/C25H29FN6O2/c1-15-10-21(28-32-13-16(2)27-23(15)32)17-11-20(26)19-14-31(29-22(19)12-17)18-6-8-30(9-7-18)24(33)34-25(3,4)5/h10-14,18H,6-9H2,1-5H3. The van der Waals surface area contributed by atoms with Gasteiger partial charge < -0.3 is 9.64 Å². The zero-order chi connectivity index (χ0) is 24.2. The Morgan fingerprint density at radius 1 is 1.09 bits per heavy atom. The van der Waals surface area contributed by atoms with E-state index in [0.29, 0.717) is 35.2 Å². The highest BCUT2D eigenvalue weighted by Crippen LogP contribution is 2.30. The Hall–Kier alpha value is -3.49. The third-order valence-corrected chi connectivity index (χ3v) is 6.11. The normalized spacial score (nSPS) is 15.4. The fraction of sp³-hybridized carbons (Fsp3) is 0.440. The van der Waals surface area contributed by atoms with Crippen molar-refractivity contribution in [1.29, 1.82) is 0 Å². The molecule has 1 amide bonds. The van der Waals surface area contributed by atoms with Gasteiger partial charge in [-0.3, -0.25) is 4.68 Å². The SMILES string of the molecule is Cc1cn2nc(-c3cc(F)c4cn(C5CCN(C(=O)OC(C)(C)C)CC5)nc4c3)cc(C)c2n1. The van der Waals surface area contributed by atoms with Crippen molar-refractivity contribution in [1.82, 2.24) is 29.3 Å². The Bertz CT molecular complexity index is 1390. The number of benzene rings is 1. The minimum atomic E-state index is -0.516. The smallest absolute Gasteiger partial charge is 0.410 e. The number of piperidine rings is 1. The lowest BCUT2D eigenvalue weighted by Crippen LogP contribution is -2.42. The quantitative estimate of drug-likeness (QED) is 0.414. The van der Waals surface area contributed by atoms with Crippen molar-refractivity contribution >= 4 is 22.6 Å². The Labute approximate surface area is 197 Å². The molecular weight excluding hydrogens is 435 g/mol. The van der Waals surface area contributed by atoms with Crippen molar-refractivity contribution in [2.24, 2.45) is 0 Å². The monoisotopic (exact) mass is 464 g/mol. The van der Waals surface area contributed by atoms with Crippen LogP contribution in [-0.4, -0.2) is 54.1 Å². The van der Waals surface area contributed by atoms with Crippen LogP contribution in [0.15, 0.2) is 30.6 Å². The van der Waals surface area contributed by atoms with Gasteiger partial charge >= 0.3 is 6.09 Å². The van der Waals surface area contributed by atoms with E-state index in [1.54, 1.807) is 15.6 Å². The van der Waals surface area contributed by atoms with Crippen LogP contribution in [0, 0.1) is 19.7 Å². The number of fused-ring (bicyclic) bond motifs is 2. The van der Waals surface area contributed by atoms with Crippen molar-refractivity contribution < 1.29 is 13.9 Å². The molecule has 1 aliphatic heterocycles. The largest absolute Gasteiger partial charge is 0.444 e. The summed E-state index contributed by atoms with van der Waals surface area (Å²) in [5, 5.41) is 9.80. The van der Waals surface area contributed by atoms with Gasteiger partial charge in [-0.15, -0.1) is 0 Å². The summed E-state index contributed by atoms with van der Waals surface area (Å²) in [6.45, 7) is 10.6. The van der Waals surface area contributed by atoms with Gasteiger partial charge in [0.1, 0.15) is 11.4 Å². The van der Waals surface area contributed by atoms with Crippen LogP contribution < -0.4 is 0 Å². The third-order valence-electron chi connectivity index (χ3n) is 6.11. The zero-order valence-electron chi connectivity index (χ0n) is 20.2. The highest BCUT2D eigenvalue weighted by molar-refractivity contribution is 5.84. The number of imidazole rings is 1. The molecule has 0 atom stereocenters. The molecule has 0 spiro atoms. The van der Waals surface area contributed by atoms with E-state index < -0.39 is 5.60 Å². The number of carbonyl (C=O) groups excluding carboxylic acids is 1. The number of hydrogen-bond donors (Lipinski definition) is 0. The topological polar surface area (TPSA) is 77.5 Å². The molecule has 1 saturated heterocycles. The summed E-state index contributed by atoms with van der Waals surface area (Å²) in [4.78, 5) is 18.6. The highest BCUT2D eigenvalue weighted by atomic mass is 19.1. The van der Waals surface area contributed by atoms with Gasteiger partial charge in [0.25, 0.3) is 0 Å². The third kappa shape index (κ3) is 4.22. The van der Waals surface area contributed by atoms with Crippen molar-refractivity contribution in [3.05, 3.63) is 47.7 Å². The Morgan fingerprint density at radius 3 is 2.53 bits per heavy atom. The van der Waals surface area contributed by atoms with Crippen molar-refractivity contribution in [2.75, 3.05) is 13.1 Å². The second kappa shape index (κ2) is 8.07. The van der Waals surface area contributed by atoms with Gasteiger partial charge in [0.05, 0.1) is 34.5 Å². The van der Waals surface area contributed by atoms with Crippen LogP contribution in [0.4, 0.5) is 9.18 Å². The molecule has 0 bridgehead atoms. The van der Waals surface area contributed by atoms with E-state index in [9.17, 15) is 4.79 Å². The molecule has 0 radical (unpaired) electrons. The molecule has 4 aromatic rings. The second-order valence-corrected chi connectivity index (χ2v) is 10.1. The Morgan fingerprint density at radius 2 is 1.82 bits per heavy atom. The average Bonchev–Trinajstić information content (AvgIpc) is 3.36. The van der Waals surface area contributed by atoms with Gasteiger partial charge in [0.15, 0.2) is 5.65 Å². The molecule has 8 nitrogen and oxygen atoms in total. The Kier molecular flexibility index (Phi) is 5.30. The minimum Gasteiger partial charge on any atom is -0.444 e. The summed E-state index contributed by atoms with van der Waals surface area (Å²) in [5.41, 5.74) is 4.06. The fourth-order valence-corrected chi connectivity index (χ4v) is 4.46. The molecule has 178 valence electrons. The van der Waals surface area contributed by atoms with E-state index in [-0.39, 0.29) is 18.0 Å². The molecule has 0 saturated carbocycles. The number of aryl methyl sites for hydroxylation is 2. The van der Waals surface area contributed by atoms with Gasteiger partial charge in [-0.1, -0.05) is 0 Å². The molecule has 0 N–H and O–H groups in total. The maximum atomic E-state index is 15.1. The van der Waals surface area contributed by atoms with Crippen molar-refractivity contribution in [2.45, 2.75) is 59.1 Å². The van der Waals surface area contributed by atoms with Crippen LogP contribution in [0.2, 0.25) is 0 Å². The molecule has 1 aliphatic rings. The van der Waals surface area contributed by atoms with Gasteiger partial charge in [0, 0.05) is 24.8 Å². The number of likely N-dealkylation sites (tertiary alicyclic amines) is 1. The van der Waals surface area contributed by atoms with Crippen LogP contribution >= 0.6 is 0 Å². The number of rotatable bonds is 2. The molecule has 0 unspecified atom stereocenters. The predicted molar refractivity (Wildman–Crippen MR) is 127 cm³/mol. The maximum absolute atomic E-state index is 15.1. The Balaban J connectivity index is 1.39. The summed E-state index contributed by atoms with van der Waals surface area (Å²) in [6, 6.07) is 5.41. The van der Waals surface area contributed by atoms with Crippen LogP contribution in [0.5, 0.6) is 0 Å². The first kappa shape index (κ1) is 22.3. The van der Waals surface area contributed by atoms with Crippen LogP contribution in [0.3, 0.4) is 0 Å². The van der Waals surface area contributed by atoms with E-state index in [4.69, 9.17) is 9.84 Å². The summed E-state index contributed by atoms with van der Waals surface area (Å²) in [5.74, 6) is -0.327. The molecule has 34 heavy (non-hydrogen) atoms. The summed E-state index contributed by atoms with van der Waals surface area (Å²) >= 11 is 0. The van der Waals surface area contributed by atoms with E-state index >= 15 is 4.39 Å². The lowest BCUT2D eigenvalue weighted by molar-refractivity contribution is 0.0185. The molecule has 4 heterocycles. The molecule has 1 aromatic carbocycles. The molecule has 1 fully saturated rings. The number of hydrogen-bond acceptors (Lipinski definition) is 5. The molecule has 9 heteroatoms. The number of nitrogens with zero attached hydrogens (tertiary/aromatic N) is 6. The fourth-order valence-electron chi connectivity index (χ4n) is 4.46. The zero-order valence-corrected chi connectivity index (χ0v) is 20.2. The average molecular weight is 465 g/mol. The first-order valence-corrected chi connectivity index (χ1v) is 11.6. The van der Waals surface area contributed by atoms with Crippen LogP contribution in [0.1, 0.15) is 50.9 Å². The number of amides is 1. The first-order valence-electron chi connectivity index (χ1n) is 11.6. The number of halogens is 1. The number of ether oxygens (including phenoxy) is 1. The minimum absolute atomic E-state index is 0.0968.